The van der Waals surface area contributed by atoms with Crippen molar-refractivity contribution in [2.24, 2.45) is 0 Å². The number of aromatic nitrogens is 3. The van der Waals surface area contributed by atoms with Gasteiger partial charge in [0, 0.05) is 24.8 Å². The SMILES string of the molecule is Cc1ccc(-c2oc(N3Cc4ccccc4C3)nc2-n2ccc(C(C)C)nc2=O)cc1. The Morgan fingerprint density at radius 2 is 1.61 bits per heavy atom. The normalized spacial score (nSPS) is 13.1. The molecule has 0 atom stereocenters. The molecule has 0 N–H and O–H groups in total. The molecular formula is C25H24N4O2. The first-order valence-electron chi connectivity index (χ1n) is 10.5. The molecule has 1 aliphatic rings. The van der Waals surface area contributed by atoms with E-state index in [0.29, 0.717) is 17.6 Å². The van der Waals surface area contributed by atoms with Gasteiger partial charge in [-0.1, -0.05) is 67.9 Å². The molecule has 0 fully saturated rings. The Labute approximate surface area is 180 Å². The van der Waals surface area contributed by atoms with Gasteiger partial charge in [-0.25, -0.2) is 9.36 Å². The average Bonchev–Trinajstić information content (AvgIpc) is 3.38. The van der Waals surface area contributed by atoms with Crippen LogP contribution in [0.4, 0.5) is 6.01 Å². The highest BCUT2D eigenvalue weighted by Gasteiger charge is 2.26. The fourth-order valence-electron chi connectivity index (χ4n) is 3.86. The minimum absolute atomic E-state index is 0.176. The summed E-state index contributed by atoms with van der Waals surface area (Å²) in [5, 5.41) is 0. The Morgan fingerprint density at radius 3 is 2.23 bits per heavy atom. The summed E-state index contributed by atoms with van der Waals surface area (Å²) in [5.74, 6) is 1.20. The maximum atomic E-state index is 12.8. The number of anilines is 1. The molecule has 5 rings (SSSR count). The topological polar surface area (TPSA) is 64.2 Å². The van der Waals surface area contributed by atoms with Crippen molar-refractivity contribution in [3.05, 3.63) is 93.7 Å². The van der Waals surface area contributed by atoms with Gasteiger partial charge in [0.15, 0.2) is 11.6 Å². The van der Waals surface area contributed by atoms with Crippen LogP contribution in [-0.2, 0) is 13.1 Å². The summed E-state index contributed by atoms with van der Waals surface area (Å²) >= 11 is 0. The fraction of sp³-hybridized carbons (Fsp3) is 0.240. The van der Waals surface area contributed by atoms with E-state index in [-0.39, 0.29) is 11.6 Å². The van der Waals surface area contributed by atoms with Crippen LogP contribution in [-0.4, -0.2) is 14.5 Å². The highest BCUT2D eigenvalue weighted by atomic mass is 16.4. The zero-order valence-electron chi connectivity index (χ0n) is 17.9. The van der Waals surface area contributed by atoms with E-state index in [9.17, 15) is 4.79 Å². The quantitative estimate of drug-likeness (QED) is 0.480. The van der Waals surface area contributed by atoms with E-state index in [4.69, 9.17) is 9.40 Å². The predicted octanol–water partition coefficient (Wildman–Crippen LogP) is 4.84. The second-order valence-electron chi connectivity index (χ2n) is 8.30. The van der Waals surface area contributed by atoms with Crippen LogP contribution in [0.15, 0.2) is 70.0 Å². The standard InChI is InChI=1S/C25H24N4O2/c1-16(2)21-12-13-29(24(30)26-21)23-22(18-10-8-17(3)9-11-18)31-25(27-23)28-14-19-6-4-5-7-20(19)15-28/h4-13,16H,14-15H2,1-3H3. The van der Waals surface area contributed by atoms with Gasteiger partial charge in [-0.3, -0.25) is 0 Å². The van der Waals surface area contributed by atoms with Crippen LogP contribution < -0.4 is 10.6 Å². The lowest BCUT2D eigenvalue weighted by atomic mass is 10.1. The summed E-state index contributed by atoms with van der Waals surface area (Å²) in [5.41, 5.74) is 4.95. The van der Waals surface area contributed by atoms with E-state index >= 15 is 0 Å². The highest BCUT2D eigenvalue weighted by molar-refractivity contribution is 5.67. The third-order valence-corrected chi connectivity index (χ3v) is 5.67. The van der Waals surface area contributed by atoms with Gasteiger partial charge in [-0.2, -0.15) is 9.97 Å². The molecule has 4 aromatic rings. The number of hydrogen-bond donors (Lipinski definition) is 0. The summed E-state index contributed by atoms with van der Waals surface area (Å²) in [4.78, 5) is 23.9. The second kappa shape index (κ2) is 7.54. The number of aryl methyl sites for hydroxylation is 1. The van der Waals surface area contributed by atoms with Crippen LogP contribution in [0.2, 0.25) is 0 Å². The molecule has 2 aromatic heterocycles. The Morgan fingerprint density at radius 1 is 0.935 bits per heavy atom. The molecule has 1 aliphatic heterocycles. The molecular weight excluding hydrogens is 388 g/mol. The molecule has 156 valence electrons. The van der Waals surface area contributed by atoms with Gasteiger partial charge >= 0.3 is 11.7 Å². The second-order valence-corrected chi connectivity index (χ2v) is 8.30. The van der Waals surface area contributed by atoms with E-state index in [1.165, 1.54) is 15.7 Å². The average molecular weight is 412 g/mol. The molecule has 0 unspecified atom stereocenters. The van der Waals surface area contributed by atoms with Crippen molar-refractivity contribution in [2.45, 2.75) is 39.8 Å². The minimum atomic E-state index is -0.357. The molecule has 0 amide bonds. The van der Waals surface area contributed by atoms with Gasteiger partial charge in [-0.05, 0) is 30.0 Å². The zero-order valence-corrected chi connectivity index (χ0v) is 17.9. The van der Waals surface area contributed by atoms with Gasteiger partial charge < -0.3 is 9.32 Å². The van der Waals surface area contributed by atoms with E-state index in [0.717, 1.165) is 29.9 Å². The van der Waals surface area contributed by atoms with Crippen molar-refractivity contribution >= 4 is 6.01 Å². The summed E-state index contributed by atoms with van der Waals surface area (Å²) in [6.07, 6.45) is 1.74. The van der Waals surface area contributed by atoms with Gasteiger partial charge in [0.05, 0.1) is 5.69 Å². The van der Waals surface area contributed by atoms with Gasteiger partial charge in [0.1, 0.15) is 0 Å². The Kier molecular flexibility index (Phi) is 4.70. The lowest BCUT2D eigenvalue weighted by Gasteiger charge is -2.11. The molecule has 3 heterocycles. The molecule has 0 saturated carbocycles. The fourth-order valence-corrected chi connectivity index (χ4v) is 3.86. The molecule has 0 aliphatic carbocycles. The van der Waals surface area contributed by atoms with Crippen LogP contribution in [0.5, 0.6) is 0 Å². The Bertz CT molecular complexity index is 1280. The number of oxazole rings is 1. The minimum Gasteiger partial charge on any atom is -0.421 e. The maximum absolute atomic E-state index is 12.8. The Balaban J connectivity index is 1.62. The Hall–Kier alpha value is -3.67. The van der Waals surface area contributed by atoms with Crippen molar-refractivity contribution in [3.63, 3.8) is 0 Å². The first-order valence-corrected chi connectivity index (χ1v) is 10.5. The predicted molar refractivity (Wildman–Crippen MR) is 120 cm³/mol. The van der Waals surface area contributed by atoms with Crippen LogP contribution >= 0.6 is 0 Å². The van der Waals surface area contributed by atoms with Gasteiger partial charge in [-0.15, -0.1) is 0 Å². The van der Waals surface area contributed by atoms with E-state index in [1.807, 2.05) is 63.2 Å². The molecule has 0 radical (unpaired) electrons. The molecule has 2 aromatic carbocycles. The van der Waals surface area contributed by atoms with Crippen LogP contribution in [0.25, 0.3) is 17.1 Å². The van der Waals surface area contributed by atoms with Gasteiger partial charge in [0.2, 0.25) is 0 Å². The van der Waals surface area contributed by atoms with E-state index in [2.05, 4.69) is 22.0 Å². The molecule has 6 nitrogen and oxygen atoms in total. The highest BCUT2D eigenvalue weighted by Crippen LogP contribution is 2.34. The monoisotopic (exact) mass is 412 g/mol. The third kappa shape index (κ3) is 3.54. The molecule has 0 saturated heterocycles. The van der Waals surface area contributed by atoms with Crippen molar-refractivity contribution < 1.29 is 4.42 Å². The van der Waals surface area contributed by atoms with Crippen LogP contribution in [0, 0.1) is 6.92 Å². The van der Waals surface area contributed by atoms with E-state index < -0.39 is 0 Å². The lowest BCUT2D eigenvalue weighted by molar-refractivity contribution is 0.549. The zero-order chi connectivity index (χ0) is 21.5. The van der Waals surface area contributed by atoms with Crippen molar-refractivity contribution in [3.8, 4) is 17.1 Å². The van der Waals surface area contributed by atoms with Crippen molar-refractivity contribution in [1.29, 1.82) is 0 Å². The number of fused-ring (bicyclic) bond motifs is 1. The number of rotatable bonds is 4. The molecule has 6 heteroatoms. The van der Waals surface area contributed by atoms with Crippen LogP contribution in [0.3, 0.4) is 0 Å². The maximum Gasteiger partial charge on any atom is 0.353 e. The molecule has 0 spiro atoms. The summed E-state index contributed by atoms with van der Waals surface area (Å²) in [6.45, 7) is 7.52. The van der Waals surface area contributed by atoms with Gasteiger partial charge in [0.25, 0.3) is 0 Å². The number of hydrogen-bond acceptors (Lipinski definition) is 5. The van der Waals surface area contributed by atoms with Crippen molar-refractivity contribution in [2.75, 3.05) is 4.90 Å². The number of nitrogens with zero attached hydrogens (tertiary/aromatic N) is 4. The smallest absolute Gasteiger partial charge is 0.353 e. The largest absolute Gasteiger partial charge is 0.421 e. The summed E-state index contributed by atoms with van der Waals surface area (Å²) in [6, 6.07) is 18.7. The molecule has 0 bridgehead atoms. The first-order chi connectivity index (χ1) is 15.0. The first kappa shape index (κ1) is 19.3. The number of benzene rings is 2. The van der Waals surface area contributed by atoms with Crippen LogP contribution in [0.1, 0.15) is 42.1 Å². The molecule has 31 heavy (non-hydrogen) atoms. The van der Waals surface area contributed by atoms with E-state index in [1.54, 1.807) is 6.20 Å². The summed E-state index contributed by atoms with van der Waals surface area (Å²) < 4.78 is 7.74. The van der Waals surface area contributed by atoms with Crippen molar-refractivity contribution in [1.82, 2.24) is 14.5 Å². The lowest BCUT2D eigenvalue weighted by Crippen LogP contribution is -2.23. The summed E-state index contributed by atoms with van der Waals surface area (Å²) in [7, 11) is 0. The third-order valence-electron chi connectivity index (χ3n) is 5.67.